The lowest BCUT2D eigenvalue weighted by atomic mass is 10.1. The normalized spacial score (nSPS) is 19.3. The maximum atomic E-state index is 6.10. The summed E-state index contributed by atoms with van der Waals surface area (Å²) in [6, 6.07) is 0. The van der Waals surface area contributed by atoms with E-state index in [4.69, 9.17) is 16.3 Å². The Balaban J connectivity index is 2.12. The summed E-state index contributed by atoms with van der Waals surface area (Å²) in [5.74, 6) is 1.61. The maximum absolute atomic E-state index is 6.10. The largest absolute Gasteiger partial charge is 0.376 e. The fraction of sp³-hybridized carbons (Fsp3) is 0.750. The van der Waals surface area contributed by atoms with Crippen LogP contribution < -0.4 is 4.90 Å². The summed E-state index contributed by atoms with van der Waals surface area (Å²) < 4.78 is 5.90. The molecule has 0 amide bonds. The van der Waals surface area contributed by atoms with E-state index < -0.39 is 0 Å². The molecule has 0 spiro atoms. The highest BCUT2D eigenvalue weighted by atomic mass is 35.5. The lowest BCUT2D eigenvalue weighted by molar-refractivity contribution is 0.0440. The van der Waals surface area contributed by atoms with Crippen molar-refractivity contribution in [1.29, 1.82) is 0 Å². The molecule has 2 heterocycles. The minimum Gasteiger partial charge on any atom is -0.376 e. The van der Waals surface area contributed by atoms with Crippen LogP contribution in [0, 0.1) is 0 Å². The lowest BCUT2D eigenvalue weighted by Gasteiger charge is -2.34. The third-order valence-corrected chi connectivity index (χ3v) is 4.04. The van der Waals surface area contributed by atoms with Gasteiger partial charge in [-0.1, -0.05) is 20.8 Å². The topological polar surface area (TPSA) is 38.2 Å². The molecule has 1 unspecified atom stereocenters. The van der Waals surface area contributed by atoms with E-state index in [9.17, 15) is 0 Å². The van der Waals surface area contributed by atoms with Gasteiger partial charge in [-0.25, -0.2) is 9.97 Å². The van der Waals surface area contributed by atoms with E-state index in [0.29, 0.717) is 17.9 Å². The number of hydrogen-bond acceptors (Lipinski definition) is 4. The molecule has 0 aliphatic carbocycles. The Bertz CT molecular complexity index is 453. The minimum atomic E-state index is 0.312. The van der Waals surface area contributed by atoms with Gasteiger partial charge in [-0.3, -0.25) is 0 Å². The second-order valence-corrected chi connectivity index (χ2v) is 6.20. The predicted molar refractivity (Wildman–Crippen MR) is 87.2 cm³/mol. The number of rotatable bonds is 6. The molecule has 2 rings (SSSR count). The first-order valence-corrected chi connectivity index (χ1v) is 8.47. The molecule has 0 N–H and O–H groups in total. The molecule has 0 radical (unpaired) electrons. The van der Waals surface area contributed by atoms with Crippen molar-refractivity contribution in [2.24, 2.45) is 0 Å². The number of nitrogens with zero attached hydrogens (tertiary/aromatic N) is 3. The molecule has 118 valence electrons. The van der Waals surface area contributed by atoms with Crippen LogP contribution in [0.15, 0.2) is 6.20 Å². The number of halogens is 1. The molecule has 1 aromatic rings. The molecular formula is C16H26ClN3O. The van der Waals surface area contributed by atoms with Crippen molar-refractivity contribution in [3.63, 3.8) is 0 Å². The van der Waals surface area contributed by atoms with Crippen LogP contribution >= 0.6 is 11.6 Å². The van der Waals surface area contributed by atoms with Crippen molar-refractivity contribution in [2.75, 3.05) is 24.6 Å². The molecule has 21 heavy (non-hydrogen) atoms. The van der Waals surface area contributed by atoms with Gasteiger partial charge in [-0.2, -0.15) is 0 Å². The standard InChI is InChI=1S/C16H26ClN3O/c1-4-8-21-13-6-5-7-20(11-13)15-10-18-16(12(2)3)19-14(15)9-17/h10,12-13H,4-9,11H2,1-3H3. The SMILES string of the molecule is CCCOC1CCCN(c2cnc(C(C)C)nc2CCl)C1. The lowest BCUT2D eigenvalue weighted by Crippen LogP contribution is -2.40. The van der Waals surface area contributed by atoms with E-state index in [1.165, 1.54) is 0 Å². The third-order valence-electron chi connectivity index (χ3n) is 3.78. The van der Waals surface area contributed by atoms with Gasteiger partial charge in [0.1, 0.15) is 5.82 Å². The first-order chi connectivity index (χ1) is 10.2. The van der Waals surface area contributed by atoms with E-state index in [1.807, 2.05) is 6.20 Å². The summed E-state index contributed by atoms with van der Waals surface area (Å²) in [6.45, 7) is 9.12. The minimum absolute atomic E-state index is 0.312. The Hall–Kier alpha value is -0.870. The first kappa shape index (κ1) is 16.5. The van der Waals surface area contributed by atoms with Crippen molar-refractivity contribution in [1.82, 2.24) is 9.97 Å². The van der Waals surface area contributed by atoms with Crippen molar-refractivity contribution in [2.45, 2.75) is 57.9 Å². The number of ether oxygens (including phenoxy) is 1. The van der Waals surface area contributed by atoms with E-state index in [1.54, 1.807) is 0 Å². The van der Waals surface area contributed by atoms with Gasteiger partial charge in [0.05, 0.1) is 29.6 Å². The number of aromatic nitrogens is 2. The zero-order chi connectivity index (χ0) is 15.2. The molecule has 1 saturated heterocycles. The summed E-state index contributed by atoms with van der Waals surface area (Å²) in [5.41, 5.74) is 2.01. The first-order valence-electron chi connectivity index (χ1n) is 7.94. The van der Waals surface area contributed by atoms with Gasteiger partial charge in [-0.15, -0.1) is 11.6 Å². The highest BCUT2D eigenvalue weighted by Crippen LogP contribution is 2.26. The quantitative estimate of drug-likeness (QED) is 0.750. The van der Waals surface area contributed by atoms with E-state index in [2.05, 4.69) is 35.6 Å². The van der Waals surface area contributed by atoms with Crippen molar-refractivity contribution in [3.05, 3.63) is 17.7 Å². The van der Waals surface area contributed by atoms with Crippen LogP contribution in [-0.2, 0) is 10.6 Å². The molecule has 0 bridgehead atoms. The fourth-order valence-corrected chi connectivity index (χ4v) is 2.84. The maximum Gasteiger partial charge on any atom is 0.131 e. The van der Waals surface area contributed by atoms with Gasteiger partial charge in [0.25, 0.3) is 0 Å². The van der Waals surface area contributed by atoms with Crippen LogP contribution in [-0.4, -0.2) is 35.8 Å². The van der Waals surface area contributed by atoms with Crippen LogP contribution in [0.3, 0.4) is 0 Å². The molecular weight excluding hydrogens is 286 g/mol. The number of alkyl halides is 1. The Morgan fingerprint density at radius 3 is 2.95 bits per heavy atom. The Morgan fingerprint density at radius 2 is 2.29 bits per heavy atom. The molecule has 5 heteroatoms. The molecule has 1 aliphatic heterocycles. The van der Waals surface area contributed by atoms with Gasteiger partial charge >= 0.3 is 0 Å². The monoisotopic (exact) mass is 311 g/mol. The zero-order valence-electron chi connectivity index (χ0n) is 13.3. The molecule has 0 aromatic carbocycles. The summed E-state index contributed by atoms with van der Waals surface area (Å²) in [5, 5.41) is 0. The van der Waals surface area contributed by atoms with E-state index in [0.717, 1.165) is 56.2 Å². The van der Waals surface area contributed by atoms with Gasteiger partial charge in [0.15, 0.2) is 0 Å². The summed E-state index contributed by atoms with van der Waals surface area (Å²) in [6.07, 6.45) is 5.59. The molecule has 1 aliphatic rings. The Morgan fingerprint density at radius 1 is 1.48 bits per heavy atom. The van der Waals surface area contributed by atoms with Crippen LogP contribution in [0.5, 0.6) is 0 Å². The highest BCUT2D eigenvalue weighted by molar-refractivity contribution is 6.17. The average molecular weight is 312 g/mol. The van der Waals surface area contributed by atoms with Crippen LogP contribution in [0.25, 0.3) is 0 Å². The number of piperidine rings is 1. The Kier molecular flexibility index (Phi) is 6.24. The second-order valence-electron chi connectivity index (χ2n) is 5.93. The van der Waals surface area contributed by atoms with E-state index >= 15 is 0 Å². The number of hydrogen-bond donors (Lipinski definition) is 0. The van der Waals surface area contributed by atoms with Gasteiger partial charge in [-0.05, 0) is 19.3 Å². The molecule has 0 saturated carbocycles. The van der Waals surface area contributed by atoms with Crippen LogP contribution in [0.4, 0.5) is 5.69 Å². The van der Waals surface area contributed by atoms with Crippen molar-refractivity contribution in [3.8, 4) is 0 Å². The van der Waals surface area contributed by atoms with Crippen molar-refractivity contribution < 1.29 is 4.74 Å². The molecule has 1 aromatic heterocycles. The van der Waals surface area contributed by atoms with Gasteiger partial charge < -0.3 is 9.64 Å². The van der Waals surface area contributed by atoms with Crippen LogP contribution in [0.2, 0.25) is 0 Å². The molecule has 1 fully saturated rings. The average Bonchev–Trinajstić information content (AvgIpc) is 2.52. The smallest absolute Gasteiger partial charge is 0.131 e. The highest BCUT2D eigenvalue weighted by Gasteiger charge is 2.23. The second kappa shape index (κ2) is 7.95. The van der Waals surface area contributed by atoms with Gasteiger partial charge in [0.2, 0.25) is 0 Å². The molecule has 1 atom stereocenters. The summed E-state index contributed by atoms with van der Waals surface area (Å²) in [4.78, 5) is 11.4. The summed E-state index contributed by atoms with van der Waals surface area (Å²) >= 11 is 6.10. The Labute approximate surface area is 132 Å². The van der Waals surface area contributed by atoms with Gasteiger partial charge in [0, 0.05) is 25.6 Å². The summed E-state index contributed by atoms with van der Waals surface area (Å²) in [7, 11) is 0. The van der Waals surface area contributed by atoms with E-state index in [-0.39, 0.29) is 0 Å². The third kappa shape index (κ3) is 4.30. The van der Waals surface area contributed by atoms with Crippen LogP contribution in [0.1, 0.15) is 57.5 Å². The number of anilines is 1. The van der Waals surface area contributed by atoms with Crippen molar-refractivity contribution >= 4 is 17.3 Å². The molecule has 4 nitrogen and oxygen atoms in total. The zero-order valence-corrected chi connectivity index (χ0v) is 14.1. The predicted octanol–water partition coefficient (Wildman–Crippen LogP) is 3.73. The fourth-order valence-electron chi connectivity index (χ4n) is 2.64.